The summed E-state index contributed by atoms with van der Waals surface area (Å²) < 4.78 is 7.28. The molecule has 0 aliphatic carbocycles. The van der Waals surface area contributed by atoms with Crippen LogP contribution in [0.25, 0.3) is 0 Å². The molecule has 1 aliphatic heterocycles. The predicted octanol–water partition coefficient (Wildman–Crippen LogP) is 0.820. The summed E-state index contributed by atoms with van der Waals surface area (Å²) >= 11 is 0. The molecule has 1 saturated heterocycles. The Bertz CT molecular complexity index is 530. The number of pyridine rings is 1. The van der Waals surface area contributed by atoms with Crippen LogP contribution < -0.4 is 11.3 Å². The van der Waals surface area contributed by atoms with Gasteiger partial charge < -0.3 is 20.2 Å². The molecule has 0 amide bonds. The Morgan fingerprint density at radius 2 is 2.37 bits per heavy atom. The second kappa shape index (κ2) is 5.88. The van der Waals surface area contributed by atoms with Gasteiger partial charge in [0.1, 0.15) is 0 Å². The number of nitrogens with zero attached hydrogens (tertiary/aromatic N) is 2. The van der Waals surface area contributed by atoms with E-state index in [0.717, 1.165) is 31.6 Å². The van der Waals surface area contributed by atoms with Gasteiger partial charge in [-0.05, 0) is 38.3 Å². The van der Waals surface area contributed by atoms with E-state index in [0.29, 0.717) is 6.54 Å². The summed E-state index contributed by atoms with van der Waals surface area (Å²) in [6.45, 7) is 3.12. The molecule has 1 atom stereocenters. The van der Waals surface area contributed by atoms with Crippen molar-refractivity contribution in [1.29, 1.82) is 0 Å². The van der Waals surface area contributed by atoms with Gasteiger partial charge in [0, 0.05) is 12.3 Å². The topological polar surface area (TPSA) is 89.8 Å². The smallest absolute Gasteiger partial charge is 0.261 e. The fourth-order valence-corrected chi connectivity index (χ4v) is 2.30. The summed E-state index contributed by atoms with van der Waals surface area (Å²) in [5, 5.41) is 11.6. The largest absolute Gasteiger partial charge is 0.409 e. The molecule has 1 aliphatic rings. The van der Waals surface area contributed by atoms with E-state index >= 15 is 0 Å². The van der Waals surface area contributed by atoms with Gasteiger partial charge >= 0.3 is 0 Å². The third-order valence-electron chi connectivity index (χ3n) is 3.44. The average molecular weight is 265 g/mol. The van der Waals surface area contributed by atoms with Crippen LogP contribution in [0.2, 0.25) is 0 Å². The van der Waals surface area contributed by atoms with Crippen molar-refractivity contribution in [1.82, 2.24) is 4.57 Å². The van der Waals surface area contributed by atoms with Gasteiger partial charge in [0.15, 0.2) is 5.84 Å². The van der Waals surface area contributed by atoms with Crippen LogP contribution in [0.15, 0.2) is 22.1 Å². The van der Waals surface area contributed by atoms with Crippen LogP contribution in [-0.2, 0) is 11.3 Å². The zero-order valence-corrected chi connectivity index (χ0v) is 11.0. The van der Waals surface area contributed by atoms with Crippen molar-refractivity contribution in [2.24, 2.45) is 10.9 Å². The Kier molecular flexibility index (Phi) is 4.21. The van der Waals surface area contributed by atoms with Gasteiger partial charge in [0.25, 0.3) is 5.56 Å². The molecule has 6 heteroatoms. The number of ether oxygens (including phenoxy) is 1. The van der Waals surface area contributed by atoms with E-state index in [4.69, 9.17) is 15.7 Å². The molecular weight excluding hydrogens is 246 g/mol. The van der Waals surface area contributed by atoms with Crippen LogP contribution in [0.3, 0.4) is 0 Å². The van der Waals surface area contributed by atoms with Crippen molar-refractivity contribution < 1.29 is 9.94 Å². The predicted molar refractivity (Wildman–Crippen MR) is 71.5 cm³/mol. The van der Waals surface area contributed by atoms with Gasteiger partial charge in [-0.15, -0.1) is 0 Å². The first-order chi connectivity index (χ1) is 9.13. The number of rotatable bonds is 3. The van der Waals surface area contributed by atoms with Crippen molar-refractivity contribution >= 4 is 5.84 Å². The maximum Gasteiger partial charge on any atom is 0.261 e. The van der Waals surface area contributed by atoms with E-state index in [1.165, 1.54) is 0 Å². The normalized spacial score (nSPS) is 20.5. The number of hydrogen-bond acceptors (Lipinski definition) is 4. The molecule has 0 spiro atoms. The molecule has 19 heavy (non-hydrogen) atoms. The lowest BCUT2D eigenvalue weighted by atomic mass is 10.1. The van der Waals surface area contributed by atoms with Crippen LogP contribution >= 0.6 is 0 Å². The summed E-state index contributed by atoms with van der Waals surface area (Å²) in [5.74, 6) is -0.164. The standard InChI is InChI=1S/C13H19N3O3/c1-9-5-6-11(12(14)15-18)13(17)16(9)8-10-4-2-3-7-19-10/h5-6,10,18H,2-4,7-8H2,1H3,(H2,14,15). The number of oxime groups is 1. The third kappa shape index (κ3) is 2.96. The quantitative estimate of drug-likeness (QED) is 0.366. The van der Waals surface area contributed by atoms with Crippen molar-refractivity contribution in [3.8, 4) is 0 Å². The first-order valence-corrected chi connectivity index (χ1v) is 6.43. The molecule has 6 nitrogen and oxygen atoms in total. The van der Waals surface area contributed by atoms with Crippen molar-refractivity contribution in [2.75, 3.05) is 6.61 Å². The maximum absolute atomic E-state index is 12.3. The van der Waals surface area contributed by atoms with E-state index in [1.807, 2.05) is 6.92 Å². The summed E-state index contributed by atoms with van der Waals surface area (Å²) in [4.78, 5) is 12.3. The zero-order chi connectivity index (χ0) is 13.8. The Morgan fingerprint density at radius 1 is 1.58 bits per heavy atom. The minimum absolute atomic E-state index is 0.0627. The van der Waals surface area contributed by atoms with E-state index in [-0.39, 0.29) is 23.1 Å². The summed E-state index contributed by atoms with van der Waals surface area (Å²) in [7, 11) is 0. The van der Waals surface area contributed by atoms with Crippen LogP contribution in [0, 0.1) is 6.92 Å². The maximum atomic E-state index is 12.3. The molecule has 0 bridgehead atoms. The summed E-state index contributed by atoms with van der Waals surface area (Å²) in [6.07, 6.45) is 3.22. The first kappa shape index (κ1) is 13.6. The second-order valence-electron chi connectivity index (χ2n) is 4.78. The first-order valence-electron chi connectivity index (χ1n) is 6.43. The van der Waals surface area contributed by atoms with E-state index in [9.17, 15) is 4.79 Å². The van der Waals surface area contributed by atoms with Crippen LogP contribution in [0.5, 0.6) is 0 Å². The Labute approximate surface area is 111 Å². The highest BCUT2D eigenvalue weighted by molar-refractivity contribution is 5.96. The number of nitrogens with two attached hydrogens (primary N) is 1. The minimum Gasteiger partial charge on any atom is -0.409 e. The molecule has 3 N–H and O–H groups in total. The zero-order valence-electron chi connectivity index (χ0n) is 11.0. The second-order valence-corrected chi connectivity index (χ2v) is 4.78. The molecule has 0 aromatic carbocycles. The highest BCUT2D eigenvalue weighted by Crippen LogP contribution is 2.14. The lowest BCUT2D eigenvalue weighted by Gasteiger charge is -2.24. The fourth-order valence-electron chi connectivity index (χ4n) is 2.30. The monoisotopic (exact) mass is 265 g/mol. The van der Waals surface area contributed by atoms with Gasteiger partial charge in [-0.3, -0.25) is 4.79 Å². The number of hydrogen-bond donors (Lipinski definition) is 2. The third-order valence-corrected chi connectivity index (χ3v) is 3.44. The van der Waals surface area contributed by atoms with Gasteiger partial charge in [0.2, 0.25) is 0 Å². The molecular formula is C13H19N3O3. The average Bonchev–Trinajstić information content (AvgIpc) is 2.44. The highest BCUT2D eigenvalue weighted by Gasteiger charge is 2.17. The molecule has 1 unspecified atom stereocenters. The van der Waals surface area contributed by atoms with Crippen molar-refractivity contribution in [3.05, 3.63) is 33.7 Å². The van der Waals surface area contributed by atoms with Gasteiger partial charge in [-0.1, -0.05) is 5.16 Å². The lowest BCUT2D eigenvalue weighted by Crippen LogP contribution is -2.35. The Hall–Kier alpha value is -1.82. The number of amidine groups is 1. The van der Waals surface area contributed by atoms with Crippen molar-refractivity contribution in [2.45, 2.75) is 38.8 Å². The van der Waals surface area contributed by atoms with Crippen molar-refractivity contribution in [3.63, 3.8) is 0 Å². The lowest BCUT2D eigenvalue weighted by molar-refractivity contribution is 0.00510. The van der Waals surface area contributed by atoms with Gasteiger partial charge in [-0.2, -0.15) is 0 Å². The molecule has 0 saturated carbocycles. The molecule has 1 aromatic heterocycles. The fraction of sp³-hybridized carbons (Fsp3) is 0.538. The van der Waals surface area contributed by atoms with Crippen LogP contribution in [0.1, 0.15) is 30.5 Å². The SMILES string of the molecule is Cc1ccc(/C(N)=N/O)c(=O)n1CC1CCCCO1. The molecule has 1 aromatic rings. The Morgan fingerprint density at radius 3 is 3.00 bits per heavy atom. The molecule has 104 valence electrons. The Balaban J connectivity index is 2.31. The van der Waals surface area contributed by atoms with Gasteiger partial charge in [0.05, 0.1) is 18.2 Å². The number of aromatic nitrogens is 1. The highest BCUT2D eigenvalue weighted by atomic mass is 16.5. The summed E-state index contributed by atoms with van der Waals surface area (Å²) in [6, 6.07) is 3.36. The van der Waals surface area contributed by atoms with E-state index in [1.54, 1.807) is 16.7 Å². The van der Waals surface area contributed by atoms with Gasteiger partial charge in [-0.25, -0.2) is 0 Å². The molecule has 1 fully saturated rings. The molecule has 2 rings (SSSR count). The van der Waals surface area contributed by atoms with Crippen LogP contribution in [-0.4, -0.2) is 28.3 Å². The van der Waals surface area contributed by atoms with E-state index in [2.05, 4.69) is 5.16 Å². The molecule has 0 radical (unpaired) electrons. The van der Waals surface area contributed by atoms with Crippen LogP contribution in [0.4, 0.5) is 0 Å². The summed E-state index contributed by atoms with van der Waals surface area (Å²) in [5.41, 5.74) is 6.31. The molecule has 2 heterocycles. The van der Waals surface area contributed by atoms with E-state index < -0.39 is 0 Å². The minimum atomic E-state index is -0.246. The number of aryl methyl sites for hydroxylation is 1.